The standard InChI is InChI=1S/C28H33N3O3S/c1-21-7-5-6-8-26(21)27(32)31-19-17-30(18-20-31)24-13-11-23(12-14-24)29-35(33,34)25-15-9-22(10-16-25)28(2,3)4/h5-16,29H,17-20H2,1-4H3. The van der Waals surface area contributed by atoms with Crippen molar-refractivity contribution in [3.05, 3.63) is 89.5 Å². The minimum atomic E-state index is -3.67. The first-order valence-electron chi connectivity index (χ1n) is 11.9. The van der Waals surface area contributed by atoms with Gasteiger partial charge in [-0.05, 0) is 65.9 Å². The minimum Gasteiger partial charge on any atom is -0.368 e. The molecule has 35 heavy (non-hydrogen) atoms. The summed E-state index contributed by atoms with van der Waals surface area (Å²) in [6.45, 7) is 11.0. The van der Waals surface area contributed by atoms with Gasteiger partial charge in [0.2, 0.25) is 0 Å². The van der Waals surface area contributed by atoms with Gasteiger partial charge in [-0.1, -0.05) is 51.1 Å². The maximum absolute atomic E-state index is 12.9. The number of carbonyl (C=O) groups is 1. The molecule has 1 heterocycles. The van der Waals surface area contributed by atoms with Gasteiger partial charge in [-0.15, -0.1) is 0 Å². The molecule has 1 aliphatic rings. The zero-order chi connectivity index (χ0) is 25.2. The Kier molecular flexibility index (Phi) is 6.90. The molecule has 6 nitrogen and oxygen atoms in total. The molecule has 4 rings (SSSR count). The van der Waals surface area contributed by atoms with Crippen LogP contribution < -0.4 is 9.62 Å². The Bertz CT molecular complexity index is 1290. The lowest BCUT2D eigenvalue weighted by Crippen LogP contribution is -2.48. The van der Waals surface area contributed by atoms with Crippen molar-refractivity contribution in [2.45, 2.75) is 38.0 Å². The summed E-state index contributed by atoms with van der Waals surface area (Å²) in [4.78, 5) is 17.2. The molecule has 184 valence electrons. The molecular weight excluding hydrogens is 458 g/mol. The van der Waals surface area contributed by atoms with E-state index in [1.807, 2.05) is 60.4 Å². The van der Waals surface area contributed by atoms with Gasteiger partial charge in [0.05, 0.1) is 4.90 Å². The summed E-state index contributed by atoms with van der Waals surface area (Å²) in [5, 5.41) is 0. The van der Waals surface area contributed by atoms with Crippen LogP contribution in [0.25, 0.3) is 0 Å². The average molecular weight is 492 g/mol. The van der Waals surface area contributed by atoms with Crippen LogP contribution in [0, 0.1) is 6.92 Å². The number of nitrogens with zero attached hydrogens (tertiary/aromatic N) is 2. The summed E-state index contributed by atoms with van der Waals surface area (Å²) in [6.07, 6.45) is 0. The molecule has 0 atom stereocenters. The molecule has 0 radical (unpaired) electrons. The monoisotopic (exact) mass is 491 g/mol. The zero-order valence-electron chi connectivity index (χ0n) is 20.8. The van der Waals surface area contributed by atoms with Crippen molar-refractivity contribution in [1.82, 2.24) is 4.90 Å². The smallest absolute Gasteiger partial charge is 0.261 e. The molecular formula is C28H33N3O3S. The fourth-order valence-corrected chi connectivity index (χ4v) is 5.30. The van der Waals surface area contributed by atoms with Crippen LogP contribution >= 0.6 is 0 Å². The molecule has 0 aliphatic carbocycles. The van der Waals surface area contributed by atoms with Gasteiger partial charge in [-0.25, -0.2) is 8.42 Å². The predicted octanol–water partition coefficient (Wildman–Crippen LogP) is 5.06. The van der Waals surface area contributed by atoms with Crippen LogP contribution in [0.15, 0.2) is 77.7 Å². The summed E-state index contributed by atoms with van der Waals surface area (Å²) in [5.74, 6) is 0.0723. The van der Waals surface area contributed by atoms with E-state index in [2.05, 4.69) is 30.4 Å². The number of sulfonamides is 1. The highest BCUT2D eigenvalue weighted by molar-refractivity contribution is 7.92. The molecule has 7 heteroatoms. The lowest BCUT2D eigenvalue weighted by atomic mass is 9.87. The van der Waals surface area contributed by atoms with Crippen LogP contribution in [0.5, 0.6) is 0 Å². The number of aryl methyl sites for hydroxylation is 1. The third-order valence-electron chi connectivity index (χ3n) is 6.46. The van der Waals surface area contributed by atoms with Crippen molar-refractivity contribution < 1.29 is 13.2 Å². The maximum Gasteiger partial charge on any atom is 0.261 e. The SMILES string of the molecule is Cc1ccccc1C(=O)N1CCN(c2ccc(NS(=O)(=O)c3ccc(C(C)(C)C)cc3)cc2)CC1. The number of benzene rings is 3. The van der Waals surface area contributed by atoms with Crippen LogP contribution in [-0.2, 0) is 15.4 Å². The van der Waals surface area contributed by atoms with Gasteiger partial charge in [0, 0.05) is 43.1 Å². The number of carbonyl (C=O) groups excluding carboxylic acids is 1. The third-order valence-corrected chi connectivity index (χ3v) is 7.85. The van der Waals surface area contributed by atoms with Gasteiger partial charge in [-0.2, -0.15) is 0 Å². The number of anilines is 2. The molecule has 3 aromatic rings. The lowest BCUT2D eigenvalue weighted by Gasteiger charge is -2.36. The number of rotatable bonds is 5. The fourth-order valence-electron chi connectivity index (χ4n) is 4.24. The van der Waals surface area contributed by atoms with E-state index < -0.39 is 10.0 Å². The van der Waals surface area contributed by atoms with Gasteiger partial charge in [0.1, 0.15) is 0 Å². The van der Waals surface area contributed by atoms with Crippen molar-refractivity contribution in [2.75, 3.05) is 35.8 Å². The Balaban J connectivity index is 1.37. The van der Waals surface area contributed by atoms with E-state index in [0.29, 0.717) is 18.8 Å². The van der Waals surface area contributed by atoms with Crippen molar-refractivity contribution in [2.24, 2.45) is 0 Å². The van der Waals surface area contributed by atoms with Crippen molar-refractivity contribution >= 4 is 27.3 Å². The van der Waals surface area contributed by atoms with Crippen LogP contribution in [0.3, 0.4) is 0 Å². The summed E-state index contributed by atoms with van der Waals surface area (Å²) in [5.41, 5.74) is 4.31. The molecule has 1 amide bonds. The number of piperazine rings is 1. The van der Waals surface area contributed by atoms with Crippen LogP contribution in [0.4, 0.5) is 11.4 Å². The summed E-state index contributed by atoms with van der Waals surface area (Å²) in [7, 11) is -3.67. The molecule has 0 saturated carbocycles. The van der Waals surface area contributed by atoms with E-state index in [0.717, 1.165) is 35.5 Å². The first kappa shape index (κ1) is 24.8. The topological polar surface area (TPSA) is 69.7 Å². The number of amides is 1. The molecule has 0 unspecified atom stereocenters. The van der Waals surface area contributed by atoms with Gasteiger partial charge in [0.25, 0.3) is 15.9 Å². The predicted molar refractivity (Wildman–Crippen MR) is 142 cm³/mol. The van der Waals surface area contributed by atoms with Gasteiger partial charge in [0.15, 0.2) is 0 Å². The fraction of sp³-hybridized carbons (Fsp3) is 0.321. The van der Waals surface area contributed by atoms with Crippen molar-refractivity contribution in [3.8, 4) is 0 Å². The molecule has 1 N–H and O–H groups in total. The van der Waals surface area contributed by atoms with E-state index in [1.165, 1.54) is 0 Å². The Morgan fingerprint density at radius 2 is 1.43 bits per heavy atom. The number of hydrogen-bond donors (Lipinski definition) is 1. The highest BCUT2D eigenvalue weighted by Crippen LogP contribution is 2.25. The normalized spacial score (nSPS) is 14.6. The average Bonchev–Trinajstić information content (AvgIpc) is 2.84. The van der Waals surface area contributed by atoms with Crippen LogP contribution in [-0.4, -0.2) is 45.4 Å². The molecule has 1 fully saturated rings. The Morgan fingerprint density at radius 1 is 0.829 bits per heavy atom. The van der Waals surface area contributed by atoms with Crippen LogP contribution in [0.1, 0.15) is 42.3 Å². The second kappa shape index (κ2) is 9.74. The van der Waals surface area contributed by atoms with E-state index >= 15 is 0 Å². The lowest BCUT2D eigenvalue weighted by molar-refractivity contribution is 0.0746. The Labute approximate surface area is 208 Å². The van der Waals surface area contributed by atoms with Crippen molar-refractivity contribution in [3.63, 3.8) is 0 Å². The van der Waals surface area contributed by atoms with E-state index in [1.54, 1.807) is 24.3 Å². The second-order valence-electron chi connectivity index (χ2n) is 10.0. The summed E-state index contributed by atoms with van der Waals surface area (Å²) in [6, 6.07) is 22.1. The highest BCUT2D eigenvalue weighted by atomic mass is 32.2. The third kappa shape index (κ3) is 5.68. The molecule has 0 bridgehead atoms. The second-order valence-corrected chi connectivity index (χ2v) is 11.7. The Morgan fingerprint density at radius 3 is 2.00 bits per heavy atom. The van der Waals surface area contributed by atoms with Gasteiger partial charge < -0.3 is 9.80 Å². The molecule has 0 aromatic heterocycles. The zero-order valence-corrected chi connectivity index (χ0v) is 21.6. The Hall–Kier alpha value is -3.32. The molecule has 0 spiro atoms. The van der Waals surface area contributed by atoms with Crippen LogP contribution in [0.2, 0.25) is 0 Å². The van der Waals surface area contributed by atoms with E-state index in [4.69, 9.17) is 0 Å². The molecule has 3 aromatic carbocycles. The minimum absolute atomic E-state index is 0.0369. The summed E-state index contributed by atoms with van der Waals surface area (Å²) >= 11 is 0. The van der Waals surface area contributed by atoms with Gasteiger partial charge in [-0.3, -0.25) is 9.52 Å². The molecule has 1 saturated heterocycles. The largest absolute Gasteiger partial charge is 0.368 e. The quantitative estimate of drug-likeness (QED) is 0.542. The number of hydrogen-bond acceptors (Lipinski definition) is 4. The number of nitrogens with one attached hydrogen (secondary N) is 1. The maximum atomic E-state index is 12.9. The summed E-state index contributed by atoms with van der Waals surface area (Å²) < 4.78 is 28.3. The highest BCUT2D eigenvalue weighted by Gasteiger charge is 2.23. The van der Waals surface area contributed by atoms with E-state index in [9.17, 15) is 13.2 Å². The first-order chi connectivity index (χ1) is 16.5. The van der Waals surface area contributed by atoms with Crippen molar-refractivity contribution in [1.29, 1.82) is 0 Å². The first-order valence-corrected chi connectivity index (χ1v) is 13.4. The molecule has 1 aliphatic heterocycles. The van der Waals surface area contributed by atoms with E-state index in [-0.39, 0.29) is 16.2 Å². The van der Waals surface area contributed by atoms with Gasteiger partial charge >= 0.3 is 0 Å².